The third-order valence-corrected chi connectivity index (χ3v) is 7.85. The molecule has 5 nitrogen and oxygen atoms in total. The van der Waals surface area contributed by atoms with Crippen LogP contribution >= 0.6 is 11.8 Å². The van der Waals surface area contributed by atoms with Crippen LogP contribution in [0.4, 0.5) is 0 Å². The average Bonchev–Trinajstić information content (AvgIpc) is 2.89. The first-order valence-electron chi connectivity index (χ1n) is 8.86. The lowest BCUT2D eigenvalue weighted by molar-refractivity contribution is -0.162. The van der Waals surface area contributed by atoms with Crippen LogP contribution in [-0.2, 0) is 4.79 Å². The Morgan fingerprint density at radius 2 is 1.83 bits per heavy atom. The molecule has 2 aliphatic carbocycles. The monoisotopic (exact) mass is 343 g/mol. The van der Waals surface area contributed by atoms with E-state index in [0.717, 1.165) is 51.4 Å². The molecule has 0 aromatic carbocycles. The summed E-state index contributed by atoms with van der Waals surface area (Å²) in [6.07, 6.45) is 7.71. The van der Waals surface area contributed by atoms with Gasteiger partial charge in [0.15, 0.2) is 5.72 Å². The first-order valence-corrected chi connectivity index (χ1v) is 9.74. The number of rotatable bonds is 0. The van der Waals surface area contributed by atoms with Crippen LogP contribution < -0.4 is 0 Å². The van der Waals surface area contributed by atoms with Crippen LogP contribution in [0.25, 0.3) is 0 Å². The van der Waals surface area contributed by atoms with Gasteiger partial charge in [-0.3, -0.25) is 9.69 Å². The fraction of sp³-hybridized carbons (Fsp3) is 0.722. The molecule has 3 fully saturated rings. The zero-order valence-corrected chi connectivity index (χ0v) is 14.4. The Kier molecular flexibility index (Phi) is 3.67. The molecule has 0 unspecified atom stereocenters. The predicted molar refractivity (Wildman–Crippen MR) is 88.9 cm³/mol. The molecule has 4 aliphatic rings. The molecule has 0 aromatic heterocycles. The number of nitriles is 2. The van der Waals surface area contributed by atoms with Gasteiger partial charge in [-0.1, -0.05) is 37.4 Å². The van der Waals surface area contributed by atoms with Crippen LogP contribution in [0, 0.1) is 34.0 Å². The molecule has 2 heterocycles. The highest BCUT2D eigenvalue weighted by molar-refractivity contribution is 8.04. The van der Waals surface area contributed by atoms with Crippen LogP contribution in [0.3, 0.4) is 0 Å². The van der Waals surface area contributed by atoms with Crippen molar-refractivity contribution in [1.82, 2.24) is 4.90 Å². The van der Waals surface area contributed by atoms with Gasteiger partial charge in [0, 0.05) is 5.41 Å². The molecule has 126 valence electrons. The number of allylic oxidation sites excluding steroid dienone is 1. The van der Waals surface area contributed by atoms with Crippen molar-refractivity contribution in [3.8, 4) is 12.1 Å². The van der Waals surface area contributed by atoms with Gasteiger partial charge in [0.25, 0.3) is 0 Å². The summed E-state index contributed by atoms with van der Waals surface area (Å²) in [6.45, 7) is 0. The Labute approximate surface area is 146 Å². The smallest absolute Gasteiger partial charge is 0.248 e. The zero-order chi connectivity index (χ0) is 16.9. The Hall–Kier alpha value is -1.50. The van der Waals surface area contributed by atoms with Gasteiger partial charge < -0.3 is 5.11 Å². The first-order chi connectivity index (χ1) is 11.6. The van der Waals surface area contributed by atoms with Gasteiger partial charge in [-0.15, -0.1) is 0 Å². The number of thioether (sulfide) groups is 1. The molecule has 0 radical (unpaired) electrons. The van der Waals surface area contributed by atoms with E-state index >= 15 is 0 Å². The number of carbonyl (C=O) groups excluding carboxylic acids is 1. The Morgan fingerprint density at radius 1 is 1.12 bits per heavy atom. The molecule has 4 rings (SSSR count). The van der Waals surface area contributed by atoms with Gasteiger partial charge in [0.2, 0.25) is 5.91 Å². The number of carbonyl (C=O) groups is 1. The molecule has 24 heavy (non-hydrogen) atoms. The van der Waals surface area contributed by atoms with Crippen molar-refractivity contribution in [3.63, 3.8) is 0 Å². The number of nitrogens with zero attached hydrogens (tertiary/aromatic N) is 3. The summed E-state index contributed by atoms with van der Waals surface area (Å²) in [5, 5.41) is 31.5. The second-order valence-corrected chi connectivity index (χ2v) is 8.67. The molecule has 2 aliphatic heterocycles. The van der Waals surface area contributed by atoms with Crippen molar-refractivity contribution in [1.29, 1.82) is 10.5 Å². The zero-order valence-electron chi connectivity index (χ0n) is 13.6. The summed E-state index contributed by atoms with van der Waals surface area (Å²) in [4.78, 5) is 14.7. The van der Waals surface area contributed by atoms with E-state index < -0.39 is 17.1 Å². The Balaban J connectivity index is 1.91. The minimum absolute atomic E-state index is 0.0772. The maximum absolute atomic E-state index is 13.2. The second kappa shape index (κ2) is 5.51. The second-order valence-electron chi connectivity index (χ2n) is 7.48. The van der Waals surface area contributed by atoms with Gasteiger partial charge in [0.1, 0.15) is 5.92 Å². The third-order valence-electron chi connectivity index (χ3n) is 6.34. The van der Waals surface area contributed by atoms with E-state index in [2.05, 4.69) is 12.1 Å². The molecule has 2 saturated carbocycles. The highest BCUT2D eigenvalue weighted by Gasteiger charge is 2.63. The third kappa shape index (κ3) is 1.87. The summed E-state index contributed by atoms with van der Waals surface area (Å²) in [7, 11) is 0. The highest BCUT2D eigenvalue weighted by Crippen LogP contribution is 2.61. The quantitative estimate of drug-likeness (QED) is 0.730. The normalized spacial score (nSPS) is 37.6. The largest absolute Gasteiger partial charge is 0.369 e. The van der Waals surface area contributed by atoms with Crippen molar-refractivity contribution < 1.29 is 9.90 Å². The van der Waals surface area contributed by atoms with Crippen molar-refractivity contribution in [2.24, 2.45) is 11.3 Å². The van der Waals surface area contributed by atoms with Crippen LogP contribution in [-0.4, -0.2) is 26.9 Å². The van der Waals surface area contributed by atoms with E-state index in [1.807, 2.05) is 0 Å². The molecular weight excluding hydrogens is 322 g/mol. The minimum atomic E-state index is -1.22. The average molecular weight is 343 g/mol. The molecule has 3 atom stereocenters. The van der Waals surface area contributed by atoms with Crippen molar-refractivity contribution >= 4 is 17.7 Å². The number of hydrogen-bond acceptors (Lipinski definition) is 5. The maximum atomic E-state index is 13.2. The van der Waals surface area contributed by atoms with Gasteiger partial charge in [0.05, 0.1) is 28.0 Å². The first kappa shape index (κ1) is 16.0. The van der Waals surface area contributed by atoms with Crippen molar-refractivity contribution in [3.05, 3.63) is 10.6 Å². The molecule has 1 amide bonds. The summed E-state index contributed by atoms with van der Waals surface area (Å²) in [5.41, 5.74) is -1.27. The Morgan fingerprint density at radius 3 is 2.50 bits per heavy atom. The fourth-order valence-electron chi connectivity index (χ4n) is 5.12. The number of amides is 1. The van der Waals surface area contributed by atoms with Crippen LogP contribution in [0.2, 0.25) is 0 Å². The maximum Gasteiger partial charge on any atom is 0.248 e. The Bertz CT molecular complexity index is 698. The topological polar surface area (TPSA) is 88.1 Å². The van der Waals surface area contributed by atoms with Gasteiger partial charge in [-0.05, 0) is 32.1 Å². The molecule has 0 bridgehead atoms. The van der Waals surface area contributed by atoms with E-state index in [1.165, 1.54) is 16.7 Å². The lowest BCUT2D eigenvalue weighted by Crippen LogP contribution is -2.59. The SMILES string of the molecule is N#CC1=C2S[C@@H]3CCCC[C@@]3(O)N2C(=O)[C@H](C#N)C12CCCCC2. The summed E-state index contributed by atoms with van der Waals surface area (Å²) >= 11 is 1.50. The molecule has 1 spiro atoms. The van der Waals surface area contributed by atoms with Gasteiger partial charge in [-0.25, -0.2) is 0 Å². The summed E-state index contributed by atoms with van der Waals surface area (Å²) in [5.74, 6) is -1.13. The molecule has 0 aromatic rings. The standard InChI is InChI=1S/C18H21N3O2S/c19-10-12-15(22)21-16(24-14-6-2-5-9-18(14,21)23)13(11-20)17(12)7-3-1-4-8-17/h12,14,23H,1-9H2/t12-,14+,18-/m0/s1. The lowest BCUT2D eigenvalue weighted by Gasteiger charge is -2.48. The van der Waals surface area contributed by atoms with E-state index in [-0.39, 0.29) is 11.2 Å². The molecular formula is C18H21N3O2S. The molecule has 1 saturated heterocycles. The van der Waals surface area contributed by atoms with Gasteiger partial charge in [-0.2, -0.15) is 10.5 Å². The highest BCUT2D eigenvalue weighted by atomic mass is 32.2. The van der Waals surface area contributed by atoms with Crippen LogP contribution in [0.15, 0.2) is 10.6 Å². The van der Waals surface area contributed by atoms with E-state index in [1.54, 1.807) is 0 Å². The van der Waals surface area contributed by atoms with Crippen molar-refractivity contribution in [2.45, 2.75) is 68.8 Å². The molecule has 6 heteroatoms. The molecule has 1 N–H and O–H groups in total. The lowest BCUT2D eigenvalue weighted by atomic mass is 9.60. The number of hydrogen-bond donors (Lipinski definition) is 1. The van der Waals surface area contributed by atoms with E-state index in [9.17, 15) is 20.4 Å². The van der Waals surface area contributed by atoms with Crippen LogP contribution in [0.5, 0.6) is 0 Å². The van der Waals surface area contributed by atoms with Crippen LogP contribution in [0.1, 0.15) is 57.8 Å². The van der Waals surface area contributed by atoms with E-state index in [4.69, 9.17) is 0 Å². The number of aliphatic hydroxyl groups is 1. The minimum Gasteiger partial charge on any atom is -0.369 e. The number of fused-ring (bicyclic) bond motifs is 3. The summed E-state index contributed by atoms with van der Waals surface area (Å²) in [6, 6.07) is 4.56. The predicted octanol–water partition coefficient (Wildman–Crippen LogP) is 3.03. The summed E-state index contributed by atoms with van der Waals surface area (Å²) < 4.78 is 0. The van der Waals surface area contributed by atoms with Crippen molar-refractivity contribution in [2.75, 3.05) is 0 Å². The fourth-order valence-corrected chi connectivity index (χ4v) is 6.81. The van der Waals surface area contributed by atoms with E-state index in [0.29, 0.717) is 17.0 Å². The van der Waals surface area contributed by atoms with Gasteiger partial charge >= 0.3 is 0 Å².